The first-order valence-electron chi connectivity index (χ1n) is 15.0. The van der Waals surface area contributed by atoms with Gasteiger partial charge < -0.3 is 10.1 Å². The van der Waals surface area contributed by atoms with Crippen LogP contribution >= 0.6 is 0 Å². The highest BCUT2D eigenvalue weighted by Gasteiger charge is 2.23. The van der Waals surface area contributed by atoms with Gasteiger partial charge in [-0.1, -0.05) is 54.1 Å². The second-order valence-corrected chi connectivity index (χ2v) is 11.6. The molecule has 8 heteroatoms. The van der Waals surface area contributed by atoms with Gasteiger partial charge in [0.05, 0.1) is 16.9 Å². The number of nitrogens with one attached hydrogen (secondary N) is 2. The van der Waals surface area contributed by atoms with Gasteiger partial charge in [0.15, 0.2) is 0 Å². The van der Waals surface area contributed by atoms with Gasteiger partial charge in [-0.15, -0.1) is 0 Å². The van der Waals surface area contributed by atoms with Crippen molar-refractivity contribution in [2.24, 2.45) is 0 Å². The third kappa shape index (κ3) is 6.55. The molecule has 2 heterocycles. The van der Waals surface area contributed by atoms with Crippen LogP contribution in [0.25, 0.3) is 22.0 Å². The molecule has 2 N–H and O–H groups in total. The summed E-state index contributed by atoms with van der Waals surface area (Å²) in [6.07, 6.45) is 1.82. The van der Waals surface area contributed by atoms with Crippen LogP contribution in [0, 0.1) is 20.8 Å². The molecule has 0 aliphatic rings. The Balaban J connectivity index is 1.45. The van der Waals surface area contributed by atoms with Gasteiger partial charge in [-0.2, -0.15) is 5.10 Å². The number of aryl methyl sites for hydroxylation is 3. The van der Waals surface area contributed by atoms with Crippen molar-refractivity contribution >= 4 is 34.3 Å². The quantitative estimate of drug-likeness (QED) is 0.174. The summed E-state index contributed by atoms with van der Waals surface area (Å²) in [5.41, 5.74) is 7.77. The second kappa shape index (κ2) is 12.6. The highest BCUT2D eigenvalue weighted by molar-refractivity contribution is 6.11. The lowest BCUT2D eigenvalue weighted by Gasteiger charge is -2.22. The van der Waals surface area contributed by atoms with E-state index in [1.54, 1.807) is 4.90 Å². The number of ether oxygens (including phenoxy) is 1. The number of nitrogens with zero attached hydrogens (tertiary/aromatic N) is 4. The summed E-state index contributed by atoms with van der Waals surface area (Å²) >= 11 is 0. The van der Waals surface area contributed by atoms with Crippen LogP contribution in [0.3, 0.4) is 0 Å². The second-order valence-electron chi connectivity index (χ2n) is 11.6. The molecule has 0 spiro atoms. The number of amides is 1. The number of anilines is 3. The van der Waals surface area contributed by atoms with E-state index in [9.17, 15) is 4.79 Å². The Bertz CT molecular complexity index is 1970. The van der Waals surface area contributed by atoms with E-state index in [1.807, 2.05) is 118 Å². The molecule has 0 radical (unpaired) electrons. The fourth-order valence-corrected chi connectivity index (χ4v) is 5.21. The normalized spacial score (nSPS) is 11.2. The molecule has 4 aromatic carbocycles. The Morgan fingerprint density at radius 2 is 1.69 bits per heavy atom. The molecule has 0 bridgehead atoms. The van der Waals surface area contributed by atoms with Gasteiger partial charge in [-0.25, -0.2) is 9.97 Å². The molecule has 0 aliphatic carbocycles. The van der Waals surface area contributed by atoms with Crippen LogP contribution < -0.4 is 15.0 Å². The van der Waals surface area contributed by atoms with Crippen LogP contribution in [0.15, 0.2) is 97.2 Å². The molecule has 6 rings (SSSR count). The van der Waals surface area contributed by atoms with Crippen LogP contribution in [0.5, 0.6) is 5.75 Å². The third-order valence-corrected chi connectivity index (χ3v) is 7.54. The van der Waals surface area contributed by atoms with E-state index in [4.69, 9.17) is 9.72 Å². The average Bonchev–Trinajstić information content (AvgIpc) is 3.46. The average molecular weight is 597 g/mol. The summed E-state index contributed by atoms with van der Waals surface area (Å²) in [4.78, 5) is 25.3. The number of rotatable bonds is 9. The van der Waals surface area contributed by atoms with E-state index in [0.29, 0.717) is 29.7 Å². The predicted octanol–water partition coefficient (Wildman–Crippen LogP) is 8.32. The number of hydrogen-bond donors (Lipinski definition) is 2. The Morgan fingerprint density at radius 1 is 0.911 bits per heavy atom. The molecule has 0 saturated carbocycles. The number of aromatic nitrogens is 4. The van der Waals surface area contributed by atoms with Crippen LogP contribution in [0.1, 0.15) is 46.6 Å². The fraction of sp³-hybridized carbons (Fsp3) is 0.189. The number of carbonyl (C=O) groups is 1. The number of benzene rings is 4. The molecule has 0 unspecified atom stereocenters. The van der Waals surface area contributed by atoms with Gasteiger partial charge in [-0.3, -0.25) is 14.8 Å². The maximum Gasteiger partial charge on any atom is 0.264 e. The monoisotopic (exact) mass is 596 g/mol. The SMILES string of the molecule is Cc1ccc(N(C(=O)c2ccc(C)c(-c3cc4cnc(NC(C)C)nc4cc3OCc3ccccc3)c2)c2cc(C)n[nH]2)cc1. The van der Waals surface area contributed by atoms with Crippen molar-refractivity contribution in [1.82, 2.24) is 20.2 Å². The van der Waals surface area contributed by atoms with Crippen LogP contribution in [0.2, 0.25) is 0 Å². The summed E-state index contributed by atoms with van der Waals surface area (Å²) < 4.78 is 6.47. The van der Waals surface area contributed by atoms with Crippen LogP contribution in [0.4, 0.5) is 17.5 Å². The van der Waals surface area contributed by atoms with E-state index in [0.717, 1.165) is 50.1 Å². The Labute approximate surface area is 263 Å². The largest absolute Gasteiger partial charge is 0.488 e. The summed E-state index contributed by atoms with van der Waals surface area (Å²) in [5.74, 6) is 1.66. The molecule has 226 valence electrons. The van der Waals surface area contributed by atoms with Gasteiger partial charge in [-0.05, 0) is 81.6 Å². The van der Waals surface area contributed by atoms with Crippen molar-refractivity contribution in [1.29, 1.82) is 0 Å². The van der Waals surface area contributed by atoms with Crippen molar-refractivity contribution in [3.05, 3.63) is 125 Å². The van der Waals surface area contributed by atoms with E-state index in [1.165, 1.54) is 0 Å². The topological polar surface area (TPSA) is 96.0 Å². The molecular formula is C37H36N6O2. The number of hydrogen-bond acceptors (Lipinski definition) is 6. The minimum absolute atomic E-state index is 0.177. The number of fused-ring (bicyclic) bond motifs is 1. The Kier molecular flexibility index (Phi) is 8.29. The van der Waals surface area contributed by atoms with E-state index in [-0.39, 0.29) is 11.9 Å². The molecule has 1 amide bonds. The molecule has 0 aliphatic heterocycles. The maximum absolute atomic E-state index is 14.3. The van der Waals surface area contributed by atoms with Gasteiger partial charge in [0.25, 0.3) is 5.91 Å². The van der Waals surface area contributed by atoms with Gasteiger partial charge in [0.2, 0.25) is 5.95 Å². The minimum atomic E-state index is -0.177. The van der Waals surface area contributed by atoms with Crippen molar-refractivity contribution in [3.8, 4) is 16.9 Å². The fourth-order valence-electron chi connectivity index (χ4n) is 5.21. The molecule has 2 aromatic heterocycles. The molecular weight excluding hydrogens is 560 g/mol. The van der Waals surface area contributed by atoms with Gasteiger partial charge >= 0.3 is 0 Å². The summed E-state index contributed by atoms with van der Waals surface area (Å²) in [5, 5.41) is 11.5. The van der Waals surface area contributed by atoms with E-state index < -0.39 is 0 Å². The zero-order chi connectivity index (χ0) is 31.5. The van der Waals surface area contributed by atoms with Crippen molar-refractivity contribution < 1.29 is 9.53 Å². The minimum Gasteiger partial charge on any atom is -0.488 e. The lowest BCUT2D eigenvalue weighted by molar-refractivity contribution is 0.0998. The zero-order valence-electron chi connectivity index (χ0n) is 26.1. The first-order chi connectivity index (χ1) is 21.7. The van der Waals surface area contributed by atoms with Crippen molar-refractivity contribution in [2.75, 3.05) is 10.2 Å². The lowest BCUT2D eigenvalue weighted by Crippen LogP contribution is -2.26. The van der Waals surface area contributed by atoms with Crippen molar-refractivity contribution in [3.63, 3.8) is 0 Å². The summed E-state index contributed by atoms with van der Waals surface area (Å²) in [6, 6.07) is 29.8. The molecule has 0 fully saturated rings. The molecule has 0 saturated heterocycles. The lowest BCUT2D eigenvalue weighted by atomic mass is 9.95. The van der Waals surface area contributed by atoms with Crippen molar-refractivity contribution in [2.45, 2.75) is 47.3 Å². The van der Waals surface area contributed by atoms with Crippen LogP contribution in [-0.2, 0) is 6.61 Å². The summed E-state index contributed by atoms with van der Waals surface area (Å²) in [7, 11) is 0. The molecule has 45 heavy (non-hydrogen) atoms. The van der Waals surface area contributed by atoms with Crippen LogP contribution in [-0.4, -0.2) is 32.1 Å². The zero-order valence-corrected chi connectivity index (χ0v) is 26.1. The number of H-pyrrole nitrogens is 1. The number of aromatic amines is 1. The van der Waals surface area contributed by atoms with Gasteiger partial charge in [0, 0.05) is 40.9 Å². The highest BCUT2D eigenvalue weighted by atomic mass is 16.5. The smallest absolute Gasteiger partial charge is 0.264 e. The predicted molar refractivity (Wildman–Crippen MR) is 180 cm³/mol. The Hall–Kier alpha value is -5.50. The highest BCUT2D eigenvalue weighted by Crippen LogP contribution is 2.37. The van der Waals surface area contributed by atoms with E-state index in [2.05, 4.69) is 34.3 Å². The Morgan fingerprint density at radius 3 is 2.40 bits per heavy atom. The molecule has 8 nitrogen and oxygen atoms in total. The number of carbonyl (C=O) groups excluding carboxylic acids is 1. The first-order valence-corrected chi connectivity index (χ1v) is 15.0. The first kappa shape index (κ1) is 29.6. The molecule has 6 aromatic rings. The third-order valence-electron chi connectivity index (χ3n) is 7.54. The summed E-state index contributed by atoms with van der Waals surface area (Å²) in [6.45, 7) is 10.4. The van der Waals surface area contributed by atoms with E-state index >= 15 is 0 Å². The van der Waals surface area contributed by atoms with Gasteiger partial charge in [0.1, 0.15) is 18.2 Å². The maximum atomic E-state index is 14.3. The standard InChI is InChI=1S/C37H36N6O2/c1-23(2)39-37-38-21-29-19-32(34(20-33(29)40-37)45-22-27-9-7-6-8-10-27)31-18-28(14-13-25(31)4)36(44)43(35-17-26(5)41-42-35)30-15-11-24(3)12-16-30/h6-21,23H,22H2,1-5H3,(H,41,42)(H,38,39,40). The molecule has 0 atom stereocenters.